The Morgan fingerprint density at radius 1 is 1.13 bits per heavy atom. The highest BCUT2D eigenvalue weighted by Crippen LogP contribution is 2.28. The molecule has 1 aliphatic heterocycles. The van der Waals surface area contributed by atoms with Crippen LogP contribution in [0.3, 0.4) is 0 Å². The lowest BCUT2D eigenvalue weighted by atomic mass is 10.0. The zero-order valence-electron chi connectivity index (χ0n) is 16.9. The van der Waals surface area contributed by atoms with E-state index in [1.807, 2.05) is 42.8 Å². The zero-order valence-corrected chi connectivity index (χ0v) is 16.9. The molecule has 0 aliphatic carbocycles. The van der Waals surface area contributed by atoms with Crippen LogP contribution in [-0.2, 0) is 0 Å². The maximum absolute atomic E-state index is 14.4. The number of aryl methyl sites for hydroxylation is 2. The van der Waals surface area contributed by atoms with Crippen molar-refractivity contribution in [2.24, 2.45) is 0 Å². The van der Waals surface area contributed by atoms with Crippen molar-refractivity contribution in [3.05, 3.63) is 71.4 Å². The molecule has 0 radical (unpaired) electrons. The highest BCUT2D eigenvalue weighted by Gasteiger charge is 2.29. The van der Waals surface area contributed by atoms with Crippen LogP contribution in [0.25, 0.3) is 22.0 Å². The second-order valence-electron chi connectivity index (χ2n) is 7.97. The summed E-state index contributed by atoms with van der Waals surface area (Å²) in [6, 6.07) is 12.5. The van der Waals surface area contributed by atoms with E-state index in [4.69, 9.17) is 0 Å². The first-order chi connectivity index (χ1) is 14.5. The number of aromatic amines is 1. The van der Waals surface area contributed by atoms with Gasteiger partial charge in [0, 0.05) is 29.7 Å². The number of rotatable bonds is 3. The molecule has 6 nitrogen and oxygen atoms in total. The summed E-state index contributed by atoms with van der Waals surface area (Å²) in [6.07, 6.45) is 2.57. The lowest BCUT2D eigenvalue weighted by Gasteiger charge is -2.18. The van der Waals surface area contributed by atoms with Gasteiger partial charge in [0.1, 0.15) is 5.82 Å². The fourth-order valence-electron chi connectivity index (χ4n) is 4.33. The molecule has 1 unspecified atom stereocenters. The minimum Gasteiger partial charge on any atom is -0.336 e. The van der Waals surface area contributed by atoms with Crippen LogP contribution < -0.4 is 0 Å². The van der Waals surface area contributed by atoms with Crippen LogP contribution in [0.1, 0.15) is 34.2 Å². The predicted molar refractivity (Wildman–Crippen MR) is 113 cm³/mol. The number of benzene rings is 2. The van der Waals surface area contributed by atoms with Gasteiger partial charge in [-0.1, -0.05) is 6.07 Å². The van der Waals surface area contributed by atoms with Gasteiger partial charge in [-0.3, -0.25) is 14.6 Å². The Bertz CT molecular complexity index is 1260. The molecule has 5 rings (SSSR count). The van der Waals surface area contributed by atoms with Crippen molar-refractivity contribution < 1.29 is 9.18 Å². The molecule has 3 heterocycles. The van der Waals surface area contributed by atoms with Crippen molar-refractivity contribution in [1.29, 1.82) is 0 Å². The first-order valence-corrected chi connectivity index (χ1v) is 10.0. The monoisotopic (exact) mass is 403 g/mol. The van der Waals surface area contributed by atoms with E-state index in [2.05, 4.69) is 15.3 Å². The molecule has 1 aliphatic rings. The molecule has 1 atom stereocenters. The number of aromatic nitrogens is 4. The summed E-state index contributed by atoms with van der Waals surface area (Å²) in [4.78, 5) is 14.9. The molecule has 0 saturated carbocycles. The van der Waals surface area contributed by atoms with E-state index >= 15 is 0 Å². The Kier molecular flexibility index (Phi) is 4.38. The molecule has 1 fully saturated rings. The average molecular weight is 403 g/mol. The number of halogens is 1. The predicted octanol–water partition coefficient (Wildman–Crippen LogP) is 4.27. The summed E-state index contributed by atoms with van der Waals surface area (Å²) < 4.78 is 16.4. The van der Waals surface area contributed by atoms with Crippen LogP contribution in [0.5, 0.6) is 0 Å². The molecule has 30 heavy (non-hydrogen) atoms. The van der Waals surface area contributed by atoms with Gasteiger partial charge in [0.25, 0.3) is 5.91 Å². The SMILES string of the molecule is Cc1cc(C)n(C2CCN(C(=O)c3cc(F)cc(-c4ccc5[nH]ncc5c4)c3)C2)n1. The van der Waals surface area contributed by atoms with Gasteiger partial charge in [0.2, 0.25) is 0 Å². The Morgan fingerprint density at radius 3 is 2.80 bits per heavy atom. The topological polar surface area (TPSA) is 66.8 Å². The lowest BCUT2D eigenvalue weighted by Crippen LogP contribution is -2.29. The van der Waals surface area contributed by atoms with Crippen molar-refractivity contribution in [1.82, 2.24) is 24.9 Å². The Hall–Kier alpha value is -3.48. The third-order valence-electron chi connectivity index (χ3n) is 5.76. The van der Waals surface area contributed by atoms with E-state index in [0.717, 1.165) is 34.3 Å². The number of H-pyrrole nitrogens is 1. The molecule has 0 spiro atoms. The van der Waals surface area contributed by atoms with E-state index in [1.54, 1.807) is 17.2 Å². The minimum atomic E-state index is -0.419. The number of likely N-dealkylation sites (tertiary alicyclic amines) is 1. The van der Waals surface area contributed by atoms with E-state index in [1.165, 1.54) is 12.1 Å². The highest BCUT2D eigenvalue weighted by atomic mass is 19.1. The van der Waals surface area contributed by atoms with Crippen LogP contribution in [0, 0.1) is 19.7 Å². The first-order valence-electron chi connectivity index (χ1n) is 10.0. The number of nitrogens with zero attached hydrogens (tertiary/aromatic N) is 4. The number of hydrogen-bond donors (Lipinski definition) is 1. The second kappa shape index (κ2) is 7.09. The largest absolute Gasteiger partial charge is 0.336 e. The van der Waals surface area contributed by atoms with Gasteiger partial charge < -0.3 is 4.90 Å². The Labute approximate surface area is 173 Å². The standard InChI is InChI=1S/C23H22FN5O/c1-14-7-15(2)29(27-14)21-5-6-28(13-21)23(30)18-9-17(10-20(24)11-18)16-3-4-22-19(8-16)12-25-26-22/h3-4,7-12,21H,5-6,13H2,1-2H3,(H,25,26). The molecule has 1 amide bonds. The van der Waals surface area contributed by atoms with Gasteiger partial charge >= 0.3 is 0 Å². The molecule has 7 heteroatoms. The van der Waals surface area contributed by atoms with Gasteiger partial charge in [-0.2, -0.15) is 10.2 Å². The Balaban J connectivity index is 1.41. The minimum absolute atomic E-state index is 0.149. The smallest absolute Gasteiger partial charge is 0.254 e. The number of carbonyl (C=O) groups is 1. The van der Waals surface area contributed by atoms with Gasteiger partial charge in [-0.05, 0) is 67.8 Å². The third kappa shape index (κ3) is 3.26. The fraction of sp³-hybridized carbons (Fsp3) is 0.261. The van der Waals surface area contributed by atoms with Crippen LogP contribution >= 0.6 is 0 Å². The summed E-state index contributed by atoms with van der Waals surface area (Å²) in [6.45, 7) is 5.21. The fourth-order valence-corrected chi connectivity index (χ4v) is 4.33. The molecule has 2 aromatic carbocycles. The van der Waals surface area contributed by atoms with Crippen molar-refractivity contribution in [2.45, 2.75) is 26.3 Å². The van der Waals surface area contributed by atoms with Crippen molar-refractivity contribution >= 4 is 16.8 Å². The molecular weight excluding hydrogens is 381 g/mol. The summed E-state index contributed by atoms with van der Waals surface area (Å²) in [7, 11) is 0. The maximum Gasteiger partial charge on any atom is 0.254 e. The lowest BCUT2D eigenvalue weighted by molar-refractivity contribution is 0.0786. The molecular formula is C23H22FN5O. The van der Waals surface area contributed by atoms with Crippen LogP contribution in [0.4, 0.5) is 4.39 Å². The molecule has 1 N–H and O–H groups in total. The molecule has 4 aromatic rings. The maximum atomic E-state index is 14.4. The normalized spacial score (nSPS) is 16.5. The number of carbonyl (C=O) groups excluding carboxylic acids is 1. The number of nitrogens with one attached hydrogen (secondary N) is 1. The second-order valence-corrected chi connectivity index (χ2v) is 7.97. The van der Waals surface area contributed by atoms with E-state index in [9.17, 15) is 9.18 Å². The van der Waals surface area contributed by atoms with Gasteiger partial charge in [0.05, 0.1) is 23.4 Å². The summed E-state index contributed by atoms with van der Waals surface area (Å²) in [5.41, 5.74) is 4.87. The van der Waals surface area contributed by atoms with Gasteiger partial charge in [-0.25, -0.2) is 4.39 Å². The van der Waals surface area contributed by atoms with Crippen molar-refractivity contribution in [3.63, 3.8) is 0 Å². The number of hydrogen-bond acceptors (Lipinski definition) is 3. The molecule has 2 aromatic heterocycles. The molecule has 1 saturated heterocycles. The summed E-state index contributed by atoms with van der Waals surface area (Å²) in [5.74, 6) is -0.568. The highest BCUT2D eigenvalue weighted by molar-refractivity contribution is 5.96. The van der Waals surface area contributed by atoms with E-state index in [-0.39, 0.29) is 11.9 Å². The zero-order chi connectivity index (χ0) is 20.8. The van der Waals surface area contributed by atoms with Crippen molar-refractivity contribution in [3.8, 4) is 11.1 Å². The number of amides is 1. The Morgan fingerprint density at radius 2 is 2.00 bits per heavy atom. The van der Waals surface area contributed by atoms with E-state index < -0.39 is 5.82 Å². The van der Waals surface area contributed by atoms with E-state index in [0.29, 0.717) is 24.2 Å². The van der Waals surface area contributed by atoms with Crippen molar-refractivity contribution in [2.75, 3.05) is 13.1 Å². The van der Waals surface area contributed by atoms with Gasteiger partial charge in [0.15, 0.2) is 0 Å². The first kappa shape index (κ1) is 18.5. The van der Waals surface area contributed by atoms with Gasteiger partial charge in [-0.15, -0.1) is 0 Å². The number of fused-ring (bicyclic) bond motifs is 1. The summed E-state index contributed by atoms with van der Waals surface area (Å²) in [5, 5.41) is 12.4. The summed E-state index contributed by atoms with van der Waals surface area (Å²) >= 11 is 0. The molecule has 0 bridgehead atoms. The quantitative estimate of drug-likeness (QED) is 0.556. The average Bonchev–Trinajstić information content (AvgIpc) is 3.45. The van der Waals surface area contributed by atoms with Crippen LogP contribution in [0.2, 0.25) is 0 Å². The molecule has 152 valence electrons. The van der Waals surface area contributed by atoms with Crippen LogP contribution in [0.15, 0.2) is 48.7 Å². The third-order valence-corrected chi connectivity index (χ3v) is 5.76. The van der Waals surface area contributed by atoms with Crippen LogP contribution in [-0.4, -0.2) is 43.9 Å².